The molecule has 0 heterocycles. The molecule has 1 aromatic carbocycles. The largest absolute Gasteiger partial charge is 0.488 e. The summed E-state index contributed by atoms with van der Waals surface area (Å²) in [7, 11) is -1.34. The van der Waals surface area contributed by atoms with Crippen molar-refractivity contribution in [2.24, 2.45) is 0 Å². The van der Waals surface area contributed by atoms with Crippen LogP contribution in [0.15, 0.2) is 43.5 Å². The lowest BCUT2D eigenvalue weighted by molar-refractivity contribution is 0.426. The molecule has 0 amide bonds. The van der Waals surface area contributed by atoms with E-state index in [4.69, 9.17) is 10.0 Å². The molecule has 0 aliphatic carbocycles. The molecule has 0 aromatic heterocycles. The number of rotatable bonds is 1. The zero-order chi connectivity index (χ0) is 8.69. The first kappa shape index (κ1) is 9.94. The van der Waals surface area contributed by atoms with Gasteiger partial charge in [-0.2, -0.15) is 0 Å². The molecule has 11 heavy (non-hydrogen) atoms. The van der Waals surface area contributed by atoms with E-state index in [1.54, 1.807) is 24.3 Å². The predicted octanol–water partition coefficient (Wildman–Crippen LogP) is 0.169. The second-order valence-corrected chi connectivity index (χ2v) is 1.78. The minimum Gasteiger partial charge on any atom is -0.423 e. The minimum absolute atomic E-state index is 0.525. The molecule has 0 saturated carbocycles. The van der Waals surface area contributed by atoms with Gasteiger partial charge in [-0.05, 0) is 5.46 Å². The summed E-state index contributed by atoms with van der Waals surface area (Å²) in [5, 5.41) is 17.2. The quantitative estimate of drug-likeness (QED) is 0.442. The van der Waals surface area contributed by atoms with Gasteiger partial charge in [-0.25, -0.2) is 0 Å². The lowest BCUT2D eigenvalue weighted by Gasteiger charge is -1.94. The lowest BCUT2D eigenvalue weighted by Crippen LogP contribution is -2.29. The Balaban J connectivity index is 0.000000461. The molecule has 0 aliphatic rings. The van der Waals surface area contributed by atoms with Crippen molar-refractivity contribution in [3.05, 3.63) is 43.5 Å². The van der Waals surface area contributed by atoms with Gasteiger partial charge in [0.1, 0.15) is 0 Å². The highest BCUT2D eigenvalue weighted by Crippen LogP contribution is 1.82. The molecule has 0 aliphatic heterocycles. The summed E-state index contributed by atoms with van der Waals surface area (Å²) >= 11 is 0. The molecule has 3 heteroatoms. The normalized spacial score (nSPS) is 7.82. The molecule has 2 N–H and O–H groups in total. The highest BCUT2D eigenvalue weighted by atomic mass is 16.4. The Kier molecular flexibility index (Phi) is 5.16. The molecule has 1 aromatic rings. The van der Waals surface area contributed by atoms with E-state index in [0.717, 1.165) is 0 Å². The molecular weight excluding hydrogens is 139 g/mol. The van der Waals surface area contributed by atoms with Crippen LogP contribution < -0.4 is 5.46 Å². The highest BCUT2D eigenvalue weighted by Gasteiger charge is 2.07. The van der Waals surface area contributed by atoms with Crippen LogP contribution >= 0.6 is 0 Å². The monoisotopic (exact) mass is 150 g/mol. The minimum atomic E-state index is -1.34. The van der Waals surface area contributed by atoms with E-state index in [1.165, 1.54) is 0 Å². The first-order chi connectivity index (χ1) is 5.30. The van der Waals surface area contributed by atoms with Crippen LogP contribution in [0.2, 0.25) is 0 Å². The van der Waals surface area contributed by atoms with Crippen LogP contribution in [0.5, 0.6) is 0 Å². The van der Waals surface area contributed by atoms with E-state index in [0.29, 0.717) is 5.46 Å². The molecule has 0 atom stereocenters. The van der Waals surface area contributed by atoms with Gasteiger partial charge < -0.3 is 10.0 Å². The van der Waals surface area contributed by atoms with Gasteiger partial charge in [0, 0.05) is 0 Å². The maximum atomic E-state index is 8.58. The van der Waals surface area contributed by atoms with Gasteiger partial charge in [0.2, 0.25) is 0 Å². The first-order valence-corrected chi connectivity index (χ1v) is 3.22. The summed E-state index contributed by atoms with van der Waals surface area (Å²) in [5.41, 5.74) is 0.525. The zero-order valence-corrected chi connectivity index (χ0v) is 6.27. The van der Waals surface area contributed by atoms with E-state index < -0.39 is 7.12 Å². The van der Waals surface area contributed by atoms with Gasteiger partial charge in [0.05, 0.1) is 0 Å². The molecule has 58 valence electrons. The van der Waals surface area contributed by atoms with Gasteiger partial charge in [-0.3, -0.25) is 0 Å². The van der Waals surface area contributed by atoms with E-state index in [9.17, 15) is 0 Å². The van der Waals surface area contributed by atoms with Crippen LogP contribution in [0.4, 0.5) is 0 Å². The molecule has 0 bridgehead atoms. The standard InChI is InChI=1S/C6H7BO2.C2H4/c8-7(9)6-4-2-1-3-5-6;1-2/h1-5,8-9H;1-2H2. The predicted molar refractivity (Wildman–Crippen MR) is 47.5 cm³/mol. The zero-order valence-electron chi connectivity index (χ0n) is 6.27. The van der Waals surface area contributed by atoms with Gasteiger partial charge in [0.15, 0.2) is 0 Å². The Labute approximate surface area is 67.0 Å². The summed E-state index contributed by atoms with van der Waals surface area (Å²) in [6.45, 7) is 6.00. The summed E-state index contributed by atoms with van der Waals surface area (Å²) in [5.74, 6) is 0. The van der Waals surface area contributed by atoms with Crippen LogP contribution in [0.25, 0.3) is 0 Å². The van der Waals surface area contributed by atoms with E-state index >= 15 is 0 Å². The van der Waals surface area contributed by atoms with E-state index in [-0.39, 0.29) is 0 Å². The number of benzene rings is 1. The van der Waals surface area contributed by atoms with Crippen molar-refractivity contribution in [1.29, 1.82) is 0 Å². The summed E-state index contributed by atoms with van der Waals surface area (Å²) in [6, 6.07) is 8.66. The third kappa shape index (κ3) is 3.60. The van der Waals surface area contributed by atoms with E-state index in [1.807, 2.05) is 6.07 Å². The van der Waals surface area contributed by atoms with E-state index in [2.05, 4.69) is 13.2 Å². The average Bonchev–Trinajstić information content (AvgIpc) is 2.10. The maximum Gasteiger partial charge on any atom is 0.488 e. The fourth-order valence-corrected chi connectivity index (χ4v) is 0.625. The van der Waals surface area contributed by atoms with Crippen LogP contribution in [0.1, 0.15) is 0 Å². The SMILES string of the molecule is C=C.OB(O)c1ccccc1. The van der Waals surface area contributed by atoms with Crippen molar-refractivity contribution in [2.45, 2.75) is 0 Å². The molecule has 1 rings (SSSR count). The molecule has 0 unspecified atom stereocenters. The van der Waals surface area contributed by atoms with Gasteiger partial charge >= 0.3 is 7.12 Å². The Morgan fingerprint density at radius 3 is 1.73 bits per heavy atom. The topological polar surface area (TPSA) is 40.5 Å². The van der Waals surface area contributed by atoms with Crippen LogP contribution in [-0.2, 0) is 0 Å². The summed E-state index contributed by atoms with van der Waals surface area (Å²) in [4.78, 5) is 0. The lowest BCUT2D eigenvalue weighted by atomic mass is 9.81. The van der Waals surface area contributed by atoms with Crippen LogP contribution in [0, 0.1) is 0 Å². The molecule has 2 nitrogen and oxygen atoms in total. The van der Waals surface area contributed by atoms with Crippen molar-refractivity contribution in [3.63, 3.8) is 0 Å². The fraction of sp³-hybridized carbons (Fsp3) is 0. The Morgan fingerprint density at radius 2 is 1.45 bits per heavy atom. The second kappa shape index (κ2) is 5.71. The first-order valence-electron chi connectivity index (χ1n) is 3.22. The molecule has 0 fully saturated rings. The molecule has 0 radical (unpaired) electrons. The summed E-state index contributed by atoms with van der Waals surface area (Å²) < 4.78 is 0. The van der Waals surface area contributed by atoms with Crippen molar-refractivity contribution in [1.82, 2.24) is 0 Å². The van der Waals surface area contributed by atoms with Crippen LogP contribution in [0.3, 0.4) is 0 Å². The van der Waals surface area contributed by atoms with Crippen LogP contribution in [-0.4, -0.2) is 17.2 Å². The number of hydrogen-bond donors (Lipinski definition) is 2. The van der Waals surface area contributed by atoms with Gasteiger partial charge in [0.25, 0.3) is 0 Å². The maximum absolute atomic E-state index is 8.58. The Bertz CT molecular complexity index is 187. The summed E-state index contributed by atoms with van der Waals surface area (Å²) in [6.07, 6.45) is 0. The van der Waals surface area contributed by atoms with Gasteiger partial charge in [-0.15, -0.1) is 13.2 Å². The second-order valence-electron chi connectivity index (χ2n) is 1.78. The molecule has 0 saturated heterocycles. The third-order valence-corrected chi connectivity index (χ3v) is 1.10. The van der Waals surface area contributed by atoms with Crippen molar-refractivity contribution in [2.75, 3.05) is 0 Å². The molecule has 0 spiro atoms. The van der Waals surface area contributed by atoms with Crippen molar-refractivity contribution < 1.29 is 10.0 Å². The number of hydrogen-bond acceptors (Lipinski definition) is 2. The Morgan fingerprint density at radius 1 is 1.00 bits per heavy atom. The van der Waals surface area contributed by atoms with Crippen molar-refractivity contribution >= 4 is 12.6 Å². The highest BCUT2D eigenvalue weighted by molar-refractivity contribution is 6.58. The average molecular weight is 150 g/mol. The van der Waals surface area contributed by atoms with Gasteiger partial charge in [-0.1, -0.05) is 30.3 Å². The van der Waals surface area contributed by atoms with Crippen molar-refractivity contribution in [3.8, 4) is 0 Å². The third-order valence-electron chi connectivity index (χ3n) is 1.10. The smallest absolute Gasteiger partial charge is 0.423 e. The molecular formula is C8H11BO2. The Hall–Kier alpha value is -1.06. The fourth-order valence-electron chi connectivity index (χ4n) is 0.625.